The number of carbonyl (C=O) groups is 1. The lowest BCUT2D eigenvalue weighted by atomic mass is 10.1. The van der Waals surface area contributed by atoms with Gasteiger partial charge in [-0.05, 0) is 20.3 Å². The lowest BCUT2D eigenvalue weighted by molar-refractivity contribution is -0.159. The minimum absolute atomic E-state index is 0.354. The average Bonchev–Trinajstić information content (AvgIpc) is 1.98. The Bertz CT molecular complexity index is 171. The molecule has 0 rings (SSSR count). The van der Waals surface area contributed by atoms with Gasteiger partial charge in [-0.3, -0.25) is 0 Å². The number of hydrogen-bond donors (Lipinski definition) is 1. The molecule has 3 heteroatoms. The van der Waals surface area contributed by atoms with Crippen LogP contribution in [0.4, 0.5) is 0 Å². The fourth-order valence-corrected chi connectivity index (χ4v) is 0.553. The first-order chi connectivity index (χ1) is 5.50. The highest BCUT2D eigenvalue weighted by Gasteiger charge is 2.26. The normalized spacial score (nSPS) is 12.2. The maximum atomic E-state index is 10.5. The minimum Gasteiger partial charge on any atom is -0.479 e. The molecule has 0 aliphatic rings. The van der Waals surface area contributed by atoms with Crippen LogP contribution in [0.2, 0.25) is 0 Å². The molecule has 0 fully saturated rings. The molecule has 1 N–H and O–H groups in total. The fraction of sp³-hybridized carbons (Fsp3) is 0.667. The molecule has 0 aromatic carbocycles. The highest BCUT2D eigenvalue weighted by Crippen LogP contribution is 2.08. The van der Waals surface area contributed by atoms with E-state index >= 15 is 0 Å². The van der Waals surface area contributed by atoms with E-state index in [0.717, 1.165) is 6.42 Å². The van der Waals surface area contributed by atoms with E-state index in [0.29, 0.717) is 6.61 Å². The van der Waals surface area contributed by atoms with Crippen molar-refractivity contribution in [1.29, 1.82) is 0 Å². The van der Waals surface area contributed by atoms with Gasteiger partial charge in [-0.15, -0.1) is 0 Å². The van der Waals surface area contributed by atoms with Gasteiger partial charge in [0.05, 0.1) is 6.61 Å². The molecule has 0 aromatic heterocycles. The second-order valence-electron chi connectivity index (χ2n) is 3.01. The number of ether oxygens (including phenoxy) is 1. The molecule has 0 spiro atoms. The highest BCUT2D eigenvalue weighted by atomic mass is 16.5. The van der Waals surface area contributed by atoms with Crippen LogP contribution in [0.3, 0.4) is 0 Å². The van der Waals surface area contributed by atoms with E-state index in [4.69, 9.17) is 9.84 Å². The Morgan fingerprint density at radius 1 is 1.50 bits per heavy atom. The third kappa shape index (κ3) is 4.13. The third-order valence-electron chi connectivity index (χ3n) is 1.46. The molecule has 0 saturated carbocycles. The summed E-state index contributed by atoms with van der Waals surface area (Å²) in [6, 6.07) is 0. The van der Waals surface area contributed by atoms with Crippen LogP contribution < -0.4 is 0 Å². The summed E-state index contributed by atoms with van der Waals surface area (Å²) in [6.45, 7) is 5.44. The largest absolute Gasteiger partial charge is 0.479 e. The Morgan fingerprint density at radius 3 is 2.50 bits per heavy atom. The van der Waals surface area contributed by atoms with E-state index in [1.807, 2.05) is 19.1 Å². The zero-order chi connectivity index (χ0) is 9.61. The van der Waals surface area contributed by atoms with Crippen LogP contribution in [0.15, 0.2) is 12.2 Å². The number of rotatable bonds is 5. The van der Waals surface area contributed by atoms with E-state index in [1.165, 1.54) is 13.8 Å². The molecular formula is C9H16O3. The summed E-state index contributed by atoms with van der Waals surface area (Å²) in [6.07, 6.45) is 4.71. The molecule has 0 heterocycles. The van der Waals surface area contributed by atoms with Gasteiger partial charge >= 0.3 is 5.97 Å². The topological polar surface area (TPSA) is 46.5 Å². The maximum absolute atomic E-state index is 10.5. The Hall–Kier alpha value is -0.830. The molecule has 3 nitrogen and oxygen atoms in total. The summed E-state index contributed by atoms with van der Waals surface area (Å²) in [5, 5.41) is 8.65. The van der Waals surface area contributed by atoms with Crippen molar-refractivity contribution >= 4 is 5.97 Å². The standard InChI is InChI=1S/C9H16O3/c1-4-5-6-7-12-9(2,3)8(10)11/h5-6H,4,7H2,1-3H3,(H,10,11). The molecule has 0 aromatic rings. The number of aliphatic carboxylic acids is 1. The van der Waals surface area contributed by atoms with Gasteiger partial charge in [0, 0.05) is 0 Å². The first-order valence-corrected chi connectivity index (χ1v) is 4.03. The van der Waals surface area contributed by atoms with Gasteiger partial charge < -0.3 is 9.84 Å². The van der Waals surface area contributed by atoms with Crippen LogP contribution in [0.25, 0.3) is 0 Å². The molecule has 0 unspecified atom stereocenters. The number of hydrogen-bond acceptors (Lipinski definition) is 2. The molecule has 0 amide bonds. The van der Waals surface area contributed by atoms with Crippen molar-refractivity contribution < 1.29 is 14.6 Å². The summed E-state index contributed by atoms with van der Waals surface area (Å²) in [5.74, 6) is -0.938. The zero-order valence-electron chi connectivity index (χ0n) is 7.83. The molecule has 70 valence electrons. The number of carboxylic acid groups (broad SMARTS) is 1. The Labute approximate surface area is 73.0 Å². The summed E-state index contributed by atoms with van der Waals surface area (Å²) >= 11 is 0. The van der Waals surface area contributed by atoms with E-state index in [-0.39, 0.29) is 0 Å². The predicted octanol–water partition coefficient (Wildman–Crippen LogP) is 1.83. The van der Waals surface area contributed by atoms with Gasteiger partial charge in [0.25, 0.3) is 0 Å². The molecular weight excluding hydrogens is 156 g/mol. The molecule has 0 aliphatic heterocycles. The van der Waals surface area contributed by atoms with Crippen molar-refractivity contribution in [3.8, 4) is 0 Å². The zero-order valence-corrected chi connectivity index (χ0v) is 7.83. The van der Waals surface area contributed by atoms with Crippen molar-refractivity contribution in [1.82, 2.24) is 0 Å². The monoisotopic (exact) mass is 172 g/mol. The molecule has 0 atom stereocenters. The van der Waals surface area contributed by atoms with Gasteiger partial charge in [-0.2, -0.15) is 0 Å². The van der Waals surface area contributed by atoms with E-state index < -0.39 is 11.6 Å². The van der Waals surface area contributed by atoms with Crippen molar-refractivity contribution in [2.75, 3.05) is 6.61 Å². The van der Waals surface area contributed by atoms with Crippen LogP contribution in [0.1, 0.15) is 27.2 Å². The van der Waals surface area contributed by atoms with Gasteiger partial charge in [0.1, 0.15) is 0 Å². The van der Waals surface area contributed by atoms with E-state index in [1.54, 1.807) is 0 Å². The molecule has 0 saturated heterocycles. The summed E-state index contributed by atoms with van der Waals surface area (Å²) in [4.78, 5) is 10.5. The van der Waals surface area contributed by atoms with Gasteiger partial charge in [-0.25, -0.2) is 4.79 Å². The van der Waals surface area contributed by atoms with Gasteiger partial charge in [0.15, 0.2) is 5.60 Å². The molecule has 0 bridgehead atoms. The minimum atomic E-state index is -1.09. The lowest BCUT2D eigenvalue weighted by Gasteiger charge is -2.18. The van der Waals surface area contributed by atoms with Crippen LogP contribution >= 0.6 is 0 Å². The van der Waals surface area contributed by atoms with Crippen LogP contribution in [-0.4, -0.2) is 23.3 Å². The Morgan fingerprint density at radius 2 is 2.08 bits per heavy atom. The van der Waals surface area contributed by atoms with Crippen molar-refractivity contribution in [3.63, 3.8) is 0 Å². The molecule has 0 radical (unpaired) electrons. The SMILES string of the molecule is CCC=CCOC(C)(C)C(=O)O. The van der Waals surface area contributed by atoms with Crippen LogP contribution in [0, 0.1) is 0 Å². The second-order valence-corrected chi connectivity index (χ2v) is 3.01. The van der Waals surface area contributed by atoms with Crippen molar-refractivity contribution in [3.05, 3.63) is 12.2 Å². The smallest absolute Gasteiger partial charge is 0.335 e. The van der Waals surface area contributed by atoms with Crippen LogP contribution in [-0.2, 0) is 9.53 Å². The van der Waals surface area contributed by atoms with Gasteiger partial charge in [-0.1, -0.05) is 19.1 Å². The lowest BCUT2D eigenvalue weighted by Crippen LogP contribution is -2.34. The summed E-state index contributed by atoms with van der Waals surface area (Å²) < 4.78 is 5.11. The van der Waals surface area contributed by atoms with E-state index in [2.05, 4.69) is 0 Å². The number of allylic oxidation sites excluding steroid dienone is 1. The fourth-order valence-electron chi connectivity index (χ4n) is 0.553. The molecule has 12 heavy (non-hydrogen) atoms. The van der Waals surface area contributed by atoms with E-state index in [9.17, 15) is 4.79 Å². The highest BCUT2D eigenvalue weighted by molar-refractivity contribution is 5.76. The Balaban J connectivity index is 3.76. The third-order valence-corrected chi connectivity index (χ3v) is 1.46. The number of carboxylic acids is 1. The average molecular weight is 172 g/mol. The molecule has 0 aliphatic carbocycles. The predicted molar refractivity (Wildman–Crippen MR) is 47.1 cm³/mol. The first kappa shape index (κ1) is 11.2. The summed E-state index contributed by atoms with van der Waals surface area (Å²) in [5.41, 5.74) is -1.09. The van der Waals surface area contributed by atoms with Crippen molar-refractivity contribution in [2.45, 2.75) is 32.8 Å². The maximum Gasteiger partial charge on any atom is 0.335 e. The second kappa shape index (κ2) is 4.93. The van der Waals surface area contributed by atoms with Crippen molar-refractivity contribution in [2.24, 2.45) is 0 Å². The Kier molecular flexibility index (Phi) is 4.59. The first-order valence-electron chi connectivity index (χ1n) is 4.03. The summed E-state index contributed by atoms with van der Waals surface area (Å²) in [7, 11) is 0. The van der Waals surface area contributed by atoms with Gasteiger partial charge in [0.2, 0.25) is 0 Å². The van der Waals surface area contributed by atoms with Crippen LogP contribution in [0.5, 0.6) is 0 Å². The quantitative estimate of drug-likeness (QED) is 0.643.